The Hall–Kier alpha value is -0.820. The second-order valence-electron chi connectivity index (χ2n) is 16.0. The SMILES string of the molecule is C[C@H](CCC(=O)NCCC[N+](C)(C)C[C@@H](O)CS(=O)(=O)O)[C@H]1CC[C@H]2[C@H]3[C@H](O)C[C@@H]4C[C@H](O)CC[C@]4(C)[C@H]3C[C@H](O)[C@]12C. The van der Waals surface area contributed by atoms with Crippen molar-refractivity contribution in [3.8, 4) is 0 Å². The monoisotopic (exact) mass is 631 g/mol. The number of nitrogens with zero attached hydrogens (tertiary/aromatic N) is 1. The summed E-state index contributed by atoms with van der Waals surface area (Å²) in [6.07, 6.45) is 5.56. The minimum Gasteiger partial charge on any atom is -0.393 e. The zero-order valence-electron chi connectivity index (χ0n) is 27.0. The Morgan fingerprint density at radius 2 is 1.74 bits per heavy atom. The number of hydrogen-bond donors (Lipinski definition) is 6. The summed E-state index contributed by atoms with van der Waals surface area (Å²) in [7, 11) is -0.484. The molecule has 0 saturated heterocycles. The molecule has 0 aromatic heterocycles. The molecule has 0 aromatic carbocycles. The Kier molecular flexibility index (Phi) is 10.7. The van der Waals surface area contributed by atoms with Crippen LogP contribution in [-0.2, 0) is 14.9 Å². The van der Waals surface area contributed by atoms with Gasteiger partial charge in [0.15, 0.2) is 0 Å². The van der Waals surface area contributed by atoms with Crippen molar-refractivity contribution in [1.82, 2.24) is 5.32 Å². The van der Waals surface area contributed by atoms with Crippen LogP contribution in [-0.4, -0.2) is 108 Å². The molecule has 0 bridgehead atoms. The number of carbonyl (C=O) groups is 1. The molecular weight excluding hydrogens is 572 g/mol. The van der Waals surface area contributed by atoms with E-state index in [1.165, 1.54) is 0 Å². The second kappa shape index (κ2) is 13.1. The van der Waals surface area contributed by atoms with Crippen molar-refractivity contribution in [1.29, 1.82) is 0 Å². The van der Waals surface area contributed by atoms with Gasteiger partial charge in [0.2, 0.25) is 5.91 Å². The van der Waals surface area contributed by atoms with E-state index in [4.69, 9.17) is 4.55 Å². The Balaban J connectivity index is 1.27. The molecule has 0 unspecified atom stereocenters. The van der Waals surface area contributed by atoms with E-state index in [2.05, 4.69) is 26.1 Å². The molecule has 4 rings (SSSR count). The molecule has 12 atom stereocenters. The van der Waals surface area contributed by atoms with Gasteiger partial charge in [-0.3, -0.25) is 9.35 Å². The third-order valence-corrected chi connectivity index (χ3v) is 13.5. The van der Waals surface area contributed by atoms with E-state index in [-0.39, 0.29) is 59.2 Å². The van der Waals surface area contributed by atoms with Gasteiger partial charge >= 0.3 is 0 Å². The number of carbonyl (C=O) groups excluding carboxylic acids is 1. The van der Waals surface area contributed by atoms with Crippen molar-refractivity contribution >= 4 is 16.0 Å². The highest BCUT2D eigenvalue weighted by Gasteiger charge is 2.65. The lowest BCUT2D eigenvalue weighted by Gasteiger charge is -2.63. The van der Waals surface area contributed by atoms with Gasteiger partial charge in [-0.25, -0.2) is 0 Å². The molecule has 6 N–H and O–H groups in total. The van der Waals surface area contributed by atoms with E-state index in [9.17, 15) is 33.6 Å². The zero-order valence-corrected chi connectivity index (χ0v) is 27.8. The summed E-state index contributed by atoms with van der Waals surface area (Å²) < 4.78 is 31.3. The highest BCUT2D eigenvalue weighted by molar-refractivity contribution is 7.85. The average Bonchev–Trinajstić information content (AvgIpc) is 3.24. The summed E-state index contributed by atoms with van der Waals surface area (Å²) in [5.74, 6) is 0.890. The van der Waals surface area contributed by atoms with Crippen molar-refractivity contribution in [2.45, 2.75) is 109 Å². The first kappa shape index (κ1) is 35.0. The first-order valence-corrected chi connectivity index (χ1v) is 18.2. The fourth-order valence-electron chi connectivity index (χ4n) is 10.5. The highest BCUT2D eigenvalue weighted by Crippen LogP contribution is 2.68. The molecule has 4 aliphatic rings. The van der Waals surface area contributed by atoms with Crippen LogP contribution in [0.15, 0.2) is 0 Å². The van der Waals surface area contributed by atoms with Gasteiger partial charge in [-0.2, -0.15) is 8.42 Å². The normalized spacial score (nSPS) is 41.1. The molecule has 0 aromatic rings. The number of amides is 1. The van der Waals surface area contributed by atoms with Crippen molar-refractivity contribution in [2.24, 2.45) is 46.3 Å². The molecule has 4 aliphatic carbocycles. The standard InChI is InChI=1S/C32H58N2O8S/c1-20(7-10-29(39)33-13-6-14-34(4,5)18-23(36)19-43(40,41)42)24-8-9-25-30-26(17-28(38)32(24,25)3)31(2)12-11-22(35)15-21(31)16-27(30)37/h20-28,30,35-38H,6-19H2,1-5H3,(H-,33,39,40,41,42)/p+1/t20-,21+,22-,23-,24-,25+,26+,27-,28+,30-,31+,32-/m1/s1. The molecule has 0 radical (unpaired) electrons. The van der Waals surface area contributed by atoms with Crippen LogP contribution in [0.25, 0.3) is 0 Å². The maximum absolute atomic E-state index is 12.7. The minimum absolute atomic E-state index is 0.00585. The molecule has 0 aliphatic heterocycles. The van der Waals surface area contributed by atoms with E-state index >= 15 is 0 Å². The molecule has 0 heterocycles. The summed E-state index contributed by atoms with van der Waals surface area (Å²) in [4.78, 5) is 12.7. The van der Waals surface area contributed by atoms with Gasteiger partial charge in [0.1, 0.15) is 18.4 Å². The minimum atomic E-state index is -4.23. The Morgan fingerprint density at radius 3 is 2.42 bits per heavy atom. The molecule has 1 amide bonds. The Morgan fingerprint density at radius 1 is 1.05 bits per heavy atom. The number of rotatable bonds is 12. The van der Waals surface area contributed by atoms with E-state index in [1.54, 1.807) is 0 Å². The molecule has 11 heteroatoms. The molecule has 43 heavy (non-hydrogen) atoms. The summed E-state index contributed by atoms with van der Waals surface area (Å²) in [5.41, 5.74) is -0.222. The maximum atomic E-state index is 12.7. The van der Waals surface area contributed by atoms with Crippen molar-refractivity contribution in [3.05, 3.63) is 0 Å². The van der Waals surface area contributed by atoms with Gasteiger partial charge in [0.25, 0.3) is 10.1 Å². The molecule has 4 saturated carbocycles. The van der Waals surface area contributed by atoms with Gasteiger partial charge in [-0.05, 0) is 97.7 Å². The van der Waals surface area contributed by atoms with Crippen LogP contribution < -0.4 is 5.32 Å². The smallest absolute Gasteiger partial charge is 0.267 e. The number of aliphatic hydroxyl groups excluding tert-OH is 4. The third kappa shape index (κ3) is 7.60. The number of fused-ring (bicyclic) bond motifs is 5. The van der Waals surface area contributed by atoms with Gasteiger partial charge in [-0.15, -0.1) is 0 Å². The third-order valence-electron chi connectivity index (χ3n) is 12.7. The van der Waals surface area contributed by atoms with Crippen LogP contribution in [0, 0.1) is 46.3 Å². The topological polar surface area (TPSA) is 164 Å². The first-order chi connectivity index (χ1) is 19.9. The zero-order chi connectivity index (χ0) is 32.0. The number of quaternary nitrogens is 1. The van der Waals surface area contributed by atoms with Gasteiger partial charge in [0, 0.05) is 19.4 Å². The lowest BCUT2D eigenvalue weighted by Crippen LogP contribution is -2.62. The largest absolute Gasteiger partial charge is 0.393 e. The van der Waals surface area contributed by atoms with E-state index in [1.807, 2.05) is 14.1 Å². The molecule has 10 nitrogen and oxygen atoms in total. The number of aliphatic hydroxyl groups is 4. The van der Waals surface area contributed by atoms with Crippen LogP contribution in [0.4, 0.5) is 0 Å². The summed E-state index contributed by atoms with van der Waals surface area (Å²) in [6, 6.07) is 0. The lowest BCUT2D eigenvalue weighted by molar-refractivity contribution is -0.893. The van der Waals surface area contributed by atoms with Crippen LogP contribution in [0.5, 0.6) is 0 Å². The molecule has 0 spiro atoms. The van der Waals surface area contributed by atoms with Crippen LogP contribution >= 0.6 is 0 Å². The maximum Gasteiger partial charge on any atom is 0.267 e. The molecule has 250 valence electrons. The number of hydrogen-bond acceptors (Lipinski definition) is 7. The predicted octanol–water partition coefficient (Wildman–Crippen LogP) is 2.20. The van der Waals surface area contributed by atoms with Crippen molar-refractivity contribution in [3.63, 3.8) is 0 Å². The predicted molar refractivity (Wildman–Crippen MR) is 164 cm³/mol. The van der Waals surface area contributed by atoms with Gasteiger partial charge < -0.3 is 30.2 Å². The first-order valence-electron chi connectivity index (χ1n) is 16.6. The van der Waals surface area contributed by atoms with Crippen molar-refractivity contribution < 1.29 is 42.7 Å². The van der Waals surface area contributed by atoms with Gasteiger partial charge in [0.05, 0.1) is 39.0 Å². The number of nitrogens with one attached hydrogen (secondary N) is 1. The van der Waals surface area contributed by atoms with E-state index < -0.39 is 28.1 Å². The summed E-state index contributed by atoms with van der Waals surface area (Å²) >= 11 is 0. The van der Waals surface area contributed by atoms with Crippen LogP contribution in [0.2, 0.25) is 0 Å². The summed E-state index contributed by atoms with van der Waals surface area (Å²) in [5, 5.41) is 46.5. The Labute approximate surface area is 259 Å². The van der Waals surface area contributed by atoms with Gasteiger partial charge in [-0.1, -0.05) is 20.8 Å². The van der Waals surface area contributed by atoms with E-state index in [0.717, 1.165) is 44.9 Å². The van der Waals surface area contributed by atoms with Crippen LogP contribution in [0.1, 0.15) is 85.0 Å². The second-order valence-corrected chi connectivity index (χ2v) is 17.5. The number of likely N-dealkylation sites (N-methyl/N-ethyl adjacent to an activating group) is 1. The fraction of sp³-hybridized carbons (Fsp3) is 0.969. The summed E-state index contributed by atoms with van der Waals surface area (Å²) in [6.45, 7) is 8.10. The van der Waals surface area contributed by atoms with Crippen LogP contribution in [0.3, 0.4) is 0 Å². The average molecular weight is 632 g/mol. The van der Waals surface area contributed by atoms with Crippen molar-refractivity contribution in [2.75, 3.05) is 39.5 Å². The quantitative estimate of drug-likeness (QED) is 0.108. The lowest BCUT2D eigenvalue weighted by atomic mass is 9.43. The fourth-order valence-corrected chi connectivity index (χ4v) is 11.1. The Bertz CT molecular complexity index is 1090. The molecule has 4 fully saturated rings. The van der Waals surface area contributed by atoms with E-state index in [0.29, 0.717) is 48.7 Å². The highest BCUT2D eigenvalue weighted by atomic mass is 32.2. The molecular formula is C32H59N2O8S+.